The van der Waals surface area contributed by atoms with Crippen molar-refractivity contribution < 1.29 is 28.2 Å². The van der Waals surface area contributed by atoms with E-state index in [1.54, 1.807) is 0 Å². The van der Waals surface area contributed by atoms with Crippen LogP contribution in [0.5, 0.6) is 0 Å². The standard InChI is InChI=1S/C15H23N2O6P/c1-11(14(18)21-3)17-24(20,22-4)12(2)16-15(19)23-10-13-8-6-5-7-9-13/h5-9,11-12H,10H2,1-4H3,(H,16,19)(H,17,20)/t11-,12?,24?/m1/s1. The van der Waals surface area contributed by atoms with Gasteiger partial charge in [-0.25, -0.2) is 9.88 Å². The van der Waals surface area contributed by atoms with Gasteiger partial charge in [-0.1, -0.05) is 30.3 Å². The number of carbonyl (C=O) groups is 2. The molecule has 0 fully saturated rings. The zero-order valence-corrected chi connectivity index (χ0v) is 15.0. The molecule has 0 spiro atoms. The minimum Gasteiger partial charge on any atom is -0.468 e. The highest BCUT2D eigenvalue weighted by molar-refractivity contribution is 7.57. The number of benzene rings is 1. The van der Waals surface area contributed by atoms with Gasteiger partial charge in [0.15, 0.2) is 0 Å². The Balaban J connectivity index is 2.59. The summed E-state index contributed by atoms with van der Waals surface area (Å²) in [7, 11) is -1.08. The summed E-state index contributed by atoms with van der Waals surface area (Å²) in [5.74, 6) is -1.50. The van der Waals surface area contributed by atoms with Crippen molar-refractivity contribution in [1.29, 1.82) is 0 Å². The Morgan fingerprint density at radius 3 is 2.33 bits per heavy atom. The van der Waals surface area contributed by atoms with Crippen molar-refractivity contribution in [3.63, 3.8) is 0 Å². The molecule has 0 saturated heterocycles. The van der Waals surface area contributed by atoms with Gasteiger partial charge < -0.3 is 19.3 Å². The van der Waals surface area contributed by atoms with Gasteiger partial charge in [-0.05, 0) is 19.4 Å². The van der Waals surface area contributed by atoms with Gasteiger partial charge in [0, 0.05) is 7.11 Å². The number of nitrogens with one attached hydrogen (secondary N) is 2. The van der Waals surface area contributed by atoms with E-state index >= 15 is 0 Å². The number of carbonyl (C=O) groups excluding carboxylic acids is 2. The highest BCUT2D eigenvalue weighted by atomic mass is 31.2. The van der Waals surface area contributed by atoms with Crippen LogP contribution in [0.1, 0.15) is 19.4 Å². The molecule has 3 atom stereocenters. The number of rotatable bonds is 8. The van der Waals surface area contributed by atoms with E-state index in [4.69, 9.17) is 9.26 Å². The molecule has 1 amide bonds. The lowest BCUT2D eigenvalue weighted by atomic mass is 10.2. The minimum absolute atomic E-state index is 0.0860. The first-order valence-corrected chi connectivity index (χ1v) is 9.00. The largest absolute Gasteiger partial charge is 0.468 e. The highest BCUT2D eigenvalue weighted by Crippen LogP contribution is 2.46. The van der Waals surface area contributed by atoms with Gasteiger partial charge in [-0.2, -0.15) is 0 Å². The van der Waals surface area contributed by atoms with Crippen molar-refractivity contribution in [2.75, 3.05) is 14.2 Å². The molecule has 0 bridgehead atoms. The fourth-order valence-electron chi connectivity index (χ4n) is 1.84. The number of hydrogen-bond donors (Lipinski definition) is 2. The van der Waals surface area contributed by atoms with Gasteiger partial charge in [-0.15, -0.1) is 0 Å². The van der Waals surface area contributed by atoms with Gasteiger partial charge in [0.05, 0.1) is 7.11 Å². The molecule has 0 heterocycles. The Kier molecular flexibility index (Phi) is 7.91. The second-order valence-electron chi connectivity index (χ2n) is 5.04. The molecule has 0 radical (unpaired) electrons. The van der Waals surface area contributed by atoms with E-state index in [1.807, 2.05) is 30.3 Å². The lowest BCUT2D eigenvalue weighted by Crippen LogP contribution is -2.41. The molecule has 1 aromatic carbocycles. The predicted octanol–water partition coefficient (Wildman–Crippen LogP) is 2.25. The first-order valence-electron chi connectivity index (χ1n) is 7.30. The predicted molar refractivity (Wildman–Crippen MR) is 88.5 cm³/mol. The normalized spacial score (nSPS) is 15.7. The van der Waals surface area contributed by atoms with Crippen molar-refractivity contribution in [1.82, 2.24) is 10.4 Å². The van der Waals surface area contributed by atoms with Gasteiger partial charge >= 0.3 is 12.1 Å². The van der Waals surface area contributed by atoms with Crippen LogP contribution in [-0.2, 0) is 30.0 Å². The zero-order valence-electron chi connectivity index (χ0n) is 14.1. The summed E-state index contributed by atoms with van der Waals surface area (Å²) in [6, 6.07) is 8.29. The molecular formula is C15H23N2O6P. The van der Waals surface area contributed by atoms with Gasteiger partial charge in [0.2, 0.25) is 0 Å². The Labute approximate surface area is 141 Å². The summed E-state index contributed by atoms with van der Waals surface area (Å²) in [6.07, 6.45) is -0.740. The summed E-state index contributed by atoms with van der Waals surface area (Å²) >= 11 is 0. The molecule has 0 aliphatic rings. The number of alkyl carbamates (subject to hydrolysis) is 1. The topological polar surface area (TPSA) is 103 Å². The summed E-state index contributed by atoms with van der Waals surface area (Å²) in [4.78, 5) is 23.3. The molecule has 2 N–H and O–H groups in total. The van der Waals surface area contributed by atoms with Crippen LogP contribution in [0.15, 0.2) is 30.3 Å². The number of methoxy groups -OCH3 is 1. The Morgan fingerprint density at radius 1 is 1.17 bits per heavy atom. The Hall–Kier alpha value is -1.89. The lowest BCUT2D eigenvalue weighted by Gasteiger charge is -2.26. The molecule has 0 aromatic heterocycles. The fourth-order valence-corrected chi connectivity index (χ4v) is 3.41. The molecule has 134 valence electrons. The number of esters is 1. The van der Waals surface area contributed by atoms with Gasteiger partial charge in [-0.3, -0.25) is 9.36 Å². The van der Waals surface area contributed by atoms with Crippen LogP contribution in [0, 0.1) is 0 Å². The number of ether oxygens (including phenoxy) is 2. The molecule has 24 heavy (non-hydrogen) atoms. The highest BCUT2D eigenvalue weighted by Gasteiger charge is 2.35. The maximum atomic E-state index is 12.7. The molecule has 1 aromatic rings. The van der Waals surface area contributed by atoms with Gasteiger partial charge in [0.1, 0.15) is 18.4 Å². The average molecular weight is 358 g/mol. The van der Waals surface area contributed by atoms with E-state index in [9.17, 15) is 14.2 Å². The number of amides is 1. The maximum absolute atomic E-state index is 12.7. The third-order valence-electron chi connectivity index (χ3n) is 3.25. The molecule has 0 saturated carbocycles. The van der Waals surface area contributed by atoms with Crippen LogP contribution >= 0.6 is 7.52 Å². The minimum atomic E-state index is -3.53. The number of hydrogen-bond acceptors (Lipinski definition) is 6. The molecule has 2 unspecified atom stereocenters. The fraction of sp³-hybridized carbons (Fsp3) is 0.467. The first kappa shape index (κ1) is 20.2. The van der Waals surface area contributed by atoms with Crippen molar-refractivity contribution in [2.45, 2.75) is 32.3 Å². The summed E-state index contributed by atoms with van der Waals surface area (Å²) < 4.78 is 27.3. The second kappa shape index (κ2) is 9.42. The SMILES string of the molecule is COC(=O)[C@@H](C)NP(=O)(OC)C(C)NC(=O)OCc1ccccc1. The molecular weight excluding hydrogens is 335 g/mol. The van der Waals surface area contributed by atoms with Crippen molar-refractivity contribution >= 4 is 19.6 Å². The third kappa shape index (κ3) is 5.96. The monoisotopic (exact) mass is 358 g/mol. The van der Waals surface area contributed by atoms with Crippen LogP contribution in [0.25, 0.3) is 0 Å². The van der Waals surface area contributed by atoms with E-state index in [2.05, 4.69) is 15.1 Å². The van der Waals surface area contributed by atoms with Crippen LogP contribution in [0.2, 0.25) is 0 Å². The van der Waals surface area contributed by atoms with Crippen molar-refractivity contribution in [2.24, 2.45) is 0 Å². The van der Waals surface area contributed by atoms with E-state index in [0.717, 1.165) is 5.56 Å². The maximum Gasteiger partial charge on any atom is 0.408 e. The van der Waals surface area contributed by atoms with Crippen LogP contribution in [0.3, 0.4) is 0 Å². The molecule has 8 nitrogen and oxygen atoms in total. The van der Waals surface area contributed by atoms with Crippen LogP contribution in [-0.4, -0.2) is 38.1 Å². The quantitative estimate of drug-likeness (QED) is 0.543. The Bertz CT molecular complexity index is 595. The van der Waals surface area contributed by atoms with E-state index < -0.39 is 31.4 Å². The van der Waals surface area contributed by atoms with E-state index in [-0.39, 0.29) is 6.61 Å². The Morgan fingerprint density at radius 2 is 1.79 bits per heavy atom. The third-order valence-corrected chi connectivity index (χ3v) is 5.69. The molecule has 9 heteroatoms. The van der Waals surface area contributed by atoms with Crippen molar-refractivity contribution in [3.8, 4) is 0 Å². The molecule has 1 rings (SSSR count). The summed E-state index contributed by atoms with van der Waals surface area (Å²) in [6.45, 7) is 3.06. The molecule has 0 aliphatic heterocycles. The molecule has 0 aliphatic carbocycles. The first-order chi connectivity index (χ1) is 11.3. The van der Waals surface area contributed by atoms with Gasteiger partial charge in [0.25, 0.3) is 7.52 Å². The zero-order chi connectivity index (χ0) is 18.2. The van der Waals surface area contributed by atoms with Crippen molar-refractivity contribution in [3.05, 3.63) is 35.9 Å². The van der Waals surface area contributed by atoms with Crippen LogP contribution < -0.4 is 10.4 Å². The lowest BCUT2D eigenvalue weighted by molar-refractivity contribution is -0.142. The van der Waals surface area contributed by atoms with E-state index in [0.29, 0.717) is 0 Å². The van der Waals surface area contributed by atoms with E-state index in [1.165, 1.54) is 28.1 Å². The average Bonchev–Trinajstić information content (AvgIpc) is 2.59. The smallest absolute Gasteiger partial charge is 0.408 e. The summed E-state index contributed by atoms with van der Waals surface area (Å²) in [5, 5.41) is 5.00. The van der Waals surface area contributed by atoms with Crippen LogP contribution in [0.4, 0.5) is 4.79 Å². The second-order valence-corrected chi connectivity index (χ2v) is 7.63. The summed E-state index contributed by atoms with van der Waals surface area (Å²) in [5.41, 5.74) is 0.827.